The maximum absolute atomic E-state index is 13.8. The van der Waals surface area contributed by atoms with Gasteiger partial charge < -0.3 is 9.47 Å². The van der Waals surface area contributed by atoms with Gasteiger partial charge in [0.25, 0.3) is 0 Å². The molecule has 1 saturated heterocycles. The first-order chi connectivity index (χ1) is 9.70. The minimum atomic E-state index is -0.607. The van der Waals surface area contributed by atoms with Crippen molar-refractivity contribution >= 4 is 0 Å². The Morgan fingerprint density at radius 1 is 1.20 bits per heavy atom. The smallest absolute Gasteiger partial charge is 0.168 e. The lowest BCUT2D eigenvalue weighted by Crippen LogP contribution is -2.26. The second-order valence-corrected chi connectivity index (χ2v) is 4.56. The Bertz CT molecular complexity index is 402. The fourth-order valence-corrected chi connectivity index (χ4v) is 2.16. The van der Waals surface area contributed by atoms with E-state index in [1.54, 1.807) is 0 Å². The van der Waals surface area contributed by atoms with Gasteiger partial charge in [-0.05, 0) is 12.5 Å². The van der Waals surface area contributed by atoms with Gasteiger partial charge in [0.05, 0.1) is 13.2 Å². The lowest BCUT2D eigenvalue weighted by molar-refractivity contribution is 0.0235. The van der Waals surface area contributed by atoms with Gasteiger partial charge in [-0.2, -0.15) is 0 Å². The van der Waals surface area contributed by atoms with Crippen LogP contribution in [0.2, 0.25) is 0 Å². The molecular weight excluding hydrogens is 262 g/mol. The van der Waals surface area contributed by atoms with Crippen molar-refractivity contribution in [2.45, 2.75) is 52.6 Å². The van der Waals surface area contributed by atoms with E-state index in [9.17, 15) is 8.78 Å². The summed E-state index contributed by atoms with van der Waals surface area (Å²) in [6, 6.07) is 2.25. The normalized spacial score (nSPS) is 15.4. The van der Waals surface area contributed by atoms with Gasteiger partial charge >= 0.3 is 0 Å². The summed E-state index contributed by atoms with van der Waals surface area (Å²) < 4.78 is 37.9. The molecule has 20 heavy (non-hydrogen) atoms. The molecule has 1 aromatic carbocycles. The van der Waals surface area contributed by atoms with Gasteiger partial charge in [0, 0.05) is 24.5 Å². The summed E-state index contributed by atoms with van der Waals surface area (Å²) in [5.74, 6) is -0.939. The van der Waals surface area contributed by atoms with E-state index in [-0.39, 0.29) is 11.9 Å². The zero-order valence-corrected chi connectivity index (χ0v) is 12.5. The summed E-state index contributed by atoms with van der Waals surface area (Å²) >= 11 is 0. The fraction of sp³-hybridized carbons (Fsp3) is 0.625. The molecule has 4 heteroatoms. The van der Waals surface area contributed by atoms with Crippen LogP contribution >= 0.6 is 0 Å². The van der Waals surface area contributed by atoms with Gasteiger partial charge in [0.15, 0.2) is 11.6 Å². The Labute approximate surface area is 120 Å². The van der Waals surface area contributed by atoms with Crippen LogP contribution in [-0.4, -0.2) is 19.3 Å². The minimum Gasteiger partial charge on any atom is -0.487 e. The number of hydrogen-bond donors (Lipinski definition) is 0. The third kappa shape index (κ3) is 4.75. The fourth-order valence-electron chi connectivity index (χ4n) is 2.16. The lowest BCUT2D eigenvalue weighted by Gasteiger charge is -2.24. The van der Waals surface area contributed by atoms with E-state index in [0.717, 1.165) is 25.3 Å². The molecule has 1 aliphatic rings. The Hall–Kier alpha value is -1.16. The van der Waals surface area contributed by atoms with E-state index in [2.05, 4.69) is 0 Å². The molecule has 0 bridgehead atoms. The molecule has 0 atom stereocenters. The van der Waals surface area contributed by atoms with Crippen molar-refractivity contribution in [1.29, 1.82) is 0 Å². The van der Waals surface area contributed by atoms with Crippen molar-refractivity contribution in [3.63, 3.8) is 0 Å². The van der Waals surface area contributed by atoms with E-state index >= 15 is 0 Å². The molecule has 2 nitrogen and oxygen atoms in total. The third-order valence-corrected chi connectivity index (χ3v) is 3.06. The largest absolute Gasteiger partial charge is 0.487 e. The van der Waals surface area contributed by atoms with Crippen LogP contribution in [0.5, 0.6) is 5.75 Å². The zero-order valence-electron chi connectivity index (χ0n) is 12.5. The first-order valence-corrected chi connectivity index (χ1v) is 7.43. The molecule has 1 aliphatic heterocycles. The standard InChI is InChI=1S/C14H18F2O2.C2H6/c1-2-3-10-8-11(15)9-13(16)14(10)18-12-4-6-17-7-5-12;1-2/h8-9,12H,2-7H2,1H3;1-2H3. The van der Waals surface area contributed by atoms with E-state index < -0.39 is 11.6 Å². The Morgan fingerprint density at radius 2 is 1.85 bits per heavy atom. The summed E-state index contributed by atoms with van der Waals surface area (Å²) in [4.78, 5) is 0. The van der Waals surface area contributed by atoms with Crippen molar-refractivity contribution in [3.8, 4) is 5.75 Å². The van der Waals surface area contributed by atoms with E-state index in [0.29, 0.717) is 25.2 Å². The van der Waals surface area contributed by atoms with Crippen LogP contribution in [-0.2, 0) is 11.2 Å². The van der Waals surface area contributed by atoms with Crippen LogP contribution in [0.1, 0.15) is 45.6 Å². The van der Waals surface area contributed by atoms with Gasteiger partial charge in [-0.25, -0.2) is 8.78 Å². The summed E-state index contributed by atoms with van der Waals surface area (Å²) in [5.41, 5.74) is 0.612. The molecule has 2 rings (SSSR count). The maximum Gasteiger partial charge on any atom is 0.168 e. The summed E-state index contributed by atoms with van der Waals surface area (Å²) in [6.45, 7) is 7.24. The first-order valence-electron chi connectivity index (χ1n) is 7.43. The average molecular weight is 286 g/mol. The number of rotatable bonds is 4. The Balaban J connectivity index is 0.000000956. The van der Waals surface area contributed by atoms with Gasteiger partial charge in [0.1, 0.15) is 11.9 Å². The van der Waals surface area contributed by atoms with Crippen LogP contribution in [0.4, 0.5) is 8.78 Å². The molecule has 114 valence electrons. The second-order valence-electron chi connectivity index (χ2n) is 4.56. The molecule has 0 saturated carbocycles. The lowest BCUT2D eigenvalue weighted by atomic mass is 10.1. The van der Waals surface area contributed by atoms with Crippen LogP contribution in [0.15, 0.2) is 12.1 Å². The molecule has 0 unspecified atom stereocenters. The number of halogens is 2. The van der Waals surface area contributed by atoms with Crippen molar-refractivity contribution in [2.75, 3.05) is 13.2 Å². The van der Waals surface area contributed by atoms with Crippen molar-refractivity contribution in [3.05, 3.63) is 29.3 Å². The van der Waals surface area contributed by atoms with Crippen LogP contribution in [0, 0.1) is 11.6 Å². The number of aryl methyl sites for hydroxylation is 1. The summed E-state index contributed by atoms with van der Waals surface area (Å²) in [5, 5.41) is 0. The minimum absolute atomic E-state index is 0.0330. The van der Waals surface area contributed by atoms with Crippen molar-refractivity contribution < 1.29 is 18.3 Å². The van der Waals surface area contributed by atoms with Crippen LogP contribution < -0.4 is 4.74 Å². The van der Waals surface area contributed by atoms with Crippen LogP contribution in [0.25, 0.3) is 0 Å². The first kappa shape index (κ1) is 16.9. The molecule has 1 fully saturated rings. The van der Waals surface area contributed by atoms with Crippen molar-refractivity contribution in [1.82, 2.24) is 0 Å². The molecule has 0 spiro atoms. The predicted molar refractivity (Wildman–Crippen MR) is 76.2 cm³/mol. The topological polar surface area (TPSA) is 18.5 Å². The highest BCUT2D eigenvalue weighted by Crippen LogP contribution is 2.28. The highest BCUT2D eigenvalue weighted by Gasteiger charge is 2.20. The van der Waals surface area contributed by atoms with Crippen molar-refractivity contribution in [2.24, 2.45) is 0 Å². The van der Waals surface area contributed by atoms with Gasteiger partial charge in [-0.15, -0.1) is 0 Å². The molecule has 1 aromatic rings. The molecule has 1 heterocycles. The Kier molecular flexibility index (Phi) is 7.52. The SMILES string of the molecule is CC.CCCc1cc(F)cc(F)c1OC1CCOCC1. The maximum atomic E-state index is 13.8. The van der Waals surface area contributed by atoms with Gasteiger partial charge in [-0.3, -0.25) is 0 Å². The molecule has 0 aromatic heterocycles. The molecule has 0 radical (unpaired) electrons. The average Bonchev–Trinajstić information content (AvgIpc) is 2.46. The third-order valence-electron chi connectivity index (χ3n) is 3.06. The number of benzene rings is 1. The molecule has 0 N–H and O–H groups in total. The van der Waals surface area contributed by atoms with E-state index in [1.165, 1.54) is 6.07 Å². The molecule has 0 amide bonds. The quantitative estimate of drug-likeness (QED) is 0.811. The summed E-state index contributed by atoms with van der Waals surface area (Å²) in [6.07, 6.45) is 2.92. The highest BCUT2D eigenvalue weighted by molar-refractivity contribution is 5.36. The molecular formula is C16H24F2O2. The van der Waals surface area contributed by atoms with Crippen LogP contribution in [0.3, 0.4) is 0 Å². The van der Waals surface area contributed by atoms with Gasteiger partial charge in [0.2, 0.25) is 0 Å². The van der Waals surface area contributed by atoms with Gasteiger partial charge in [-0.1, -0.05) is 27.2 Å². The van der Waals surface area contributed by atoms with E-state index in [4.69, 9.17) is 9.47 Å². The zero-order chi connectivity index (χ0) is 15.0. The van der Waals surface area contributed by atoms with E-state index in [1.807, 2.05) is 20.8 Å². The monoisotopic (exact) mass is 286 g/mol. The Morgan fingerprint density at radius 3 is 2.45 bits per heavy atom. The number of hydrogen-bond acceptors (Lipinski definition) is 2. The molecule has 0 aliphatic carbocycles. The summed E-state index contributed by atoms with van der Waals surface area (Å²) in [7, 11) is 0. The second kappa shape index (κ2) is 8.90. The highest BCUT2D eigenvalue weighted by atomic mass is 19.1. The predicted octanol–water partition coefficient (Wildman–Crippen LogP) is 4.50. The number of ether oxygens (including phenoxy) is 2.